The molecule has 4 rings (SSSR count). The molecule has 0 spiro atoms. The van der Waals surface area contributed by atoms with E-state index in [9.17, 15) is 9.18 Å². The number of nitrogens with zero attached hydrogens (tertiary/aromatic N) is 2. The van der Waals surface area contributed by atoms with E-state index < -0.39 is 5.82 Å². The van der Waals surface area contributed by atoms with Crippen molar-refractivity contribution in [2.24, 2.45) is 0 Å². The fourth-order valence-corrected chi connectivity index (χ4v) is 3.06. The van der Waals surface area contributed by atoms with Gasteiger partial charge in [-0.2, -0.15) is 0 Å². The van der Waals surface area contributed by atoms with Crippen LogP contribution < -0.4 is 5.56 Å². The number of fused-ring (bicyclic) bond motifs is 1. The summed E-state index contributed by atoms with van der Waals surface area (Å²) in [6, 6.07) is 15.3. The summed E-state index contributed by atoms with van der Waals surface area (Å²) in [6.07, 6.45) is 1.72. The molecule has 0 amide bonds. The molecule has 0 bridgehead atoms. The third-order valence-corrected chi connectivity index (χ3v) is 4.28. The molecule has 0 fully saturated rings. The highest BCUT2D eigenvalue weighted by Gasteiger charge is 2.13. The Kier molecular flexibility index (Phi) is 3.54. The van der Waals surface area contributed by atoms with Crippen molar-refractivity contribution in [2.75, 3.05) is 0 Å². The van der Waals surface area contributed by atoms with Gasteiger partial charge in [-0.15, -0.1) is 0 Å². The SMILES string of the molecule is O=c1cc(-c2ccccc2F)nc2c(-c3cccc(Br)c3)c[nH]n12. The zero-order valence-electron chi connectivity index (χ0n) is 12.3. The monoisotopic (exact) mass is 383 g/mol. The number of hydrogen-bond acceptors (Lipinski definition) is 2. The first-order valence-corrected chi connectivity index (χ1v) is 8.05. The minimum atomic E-state index is -0.409. The van der Waals surface area contributed by atoms with Gasteiger partial charge in [-0.25, -0.2) is 13.9 Å². The Morgan fingerprint density at radius 1 is 1.04 bits per heavy atom. The molecule has 6 heteroatoms. The van der Waals surface area contributed by atoms with Crippen molar-refractivity contribution in [3.05, 3.63) is 81.4 Å². The van der Waals surface area contributed by atoms with Gasteiger partial charge < -0.3 is 0 Å². The van der Waals surface area contributed by atoms with Crippen molar-refractivity contribution >= 4 is 21.6 Å². The Hall–Kier alpha value is -2.73. The van der Waals surface area contributed by atoms with Gasteiger partial charge in [0.1, 0.15) is 5.82 Å². The molecule has 0 aliphatic rings. The molecule has 2 aromatic heterocycles. The molecule has 0 radical (unpaired) electrons. The van der Waals surface area contributed by atoms with Crippen LogP contribution in [0.25, 0.3) is 28.0 Å². The van der Waals surface area contributed by atoms with Crippen LogP contribution in [0.4, 0.5) is 4.39 Å². The maximum Gasteiger partial charge on any atom is 0.273 e. The summed E-state index contributed by atoms with van der Waals surface area (Å²) < 4.78 is 16.3. The standard InChI is InChI=1S/C18H11BrFN3O/c19-12-5-3-4-11(8-12)14-10-21-23-17(24)9-16(22-18(14)23)13-6-1-2-7-15(13)20/h1-10,21H. The summed E-state index contributed by atoms with van der Waals surface area (Å²) in [5, 5.41) is 2.90. The summed E-state index contributed by atoms with van der Waals surface area (Å²) in [7, 11) is 0. The van der Waals surface area contributed by atoms with Crippen LogP contribution in [0.2, 0.25) is 0 Å². The van der Waals surface area contributed by atoms with Gasteiger partial charge in [-0.05, 0) is 29.8 Å². The molecule has 0 aliphatic heterocycles. The zero-order valence-corrected chi connectivity index (χ0v) is 13.9. The maximum absolute atomic E-state index is 14.0. The van der Waals surface area contributed by atoms with Gasteiger partial charge in [0, 0.05) is 27.9 Å². The van der Waals surface area contributed by atoms with Crippen LogP contribution >= 0.6 is 15.9 Å². The second-order valence-corrected chi connectivity index (χ2v) is 6.23. The summed E-state index contributed by atoms with van der Waals surface area (Å²) in [5.74, 6) is -0.409. The summed E-state index contributed by atoms with van der Waals surface area (Å²) in [6.45, 7) is 0. The Morgan fingerprint density at radius 2 is 1.88 bits per heavy atom. The number of aromatic nitrogens is 3. The number of halogens is 2. The fraction of sp³-hybridized carbons (Fsp3) is 0. The lowest BCUT2D eigenvalue weighted by molar-refractivity contribution is 0.630. The van der Waals surface area contributed by atoms with Crippen molar-refractivity contribution in [3.8, 4) is 22.4 Å². The minimum absolute atomic E-state index is 0.292. The van der Waals surface area contributed by atoms with E-state index in [2.05, 4.69) is 26.0 Å². The van der Waals surface area contributed by atoms with Crippen molar-refractivity contribution in [3.63, 3.8) is 0 Å². The van der Waals surface area contributed by atoms with Crippen molar-refractivity contribution in [1.29, 1.82) is 0 Å². The van der Waals surface area contributed by atoms with E-state index in [1.807, 2.05) is 24.3 Å². The topological polar surface area (TPSA) is 50.2 Å². The Balaban J connectivity index is 1.99. The molecule has 2 heterocycles. The first kappa shape index (κ1) is 14.8. The van der Waals surface area contributed by atoms with E-state index in [1.54, 1.807) is 24.4 Å². The van der Waals surface area contributed by atoms with Gasteiger partial charge in [-0.1, -0.05) is 40.2 Å². The van der Waals surface area contributed by atoms with Crippen LogP contribution in [0.3, 0.4) is 0 Å². The van der Waals surface area contributed by atoms with Crippen LogP contribution in [-0.2, 0) is 0 Å². The van der Waals surface area contributed by atoms with Crippen LogP contribution in [-0.4, -0.2) is 14.6 Å². The second-order valence-electron chi connectivity index (χ2n) is 5.32. The Labute approximate surface area is 144 Å². The van der Waals surface area contributed by atoms with E-state index in [-0.39, 0.29) is 5.56 Å². The highest BCUT2D eigenvalue weighted by molar-refractivity contribution is 9.10. The maximum atomic E-state index is 14.0. The number of aromatic amines is 1. The quantitative estimate of drug-likeness (QED) is 0.562. The van der Waals surface area contributed by atoms with E-state index in [1.165, 1.54) is 16.6 Å². The van der Waals surface area contributed by atoms with Crippen molar-refractivity contribution in [1.82, 2.24) is 14.6 Å². The van der Waals surface area contributed by atoms with Gasteiger partial charge in [0.25, 0.3) is 5.56 Å². The van der Waals surface area contributed by atoms with Gasteiger partial charge >= 0.3 is 0 Å². The summed E-state index contributed by atoms with van der Waals surface area (Å²) in [5.41, 5.74) is 2.46. The van der Waals surface area contributed by atoms with Crippen LogP contribution in [0.5, 0.6) is 0 Å². The molecular weight excluding hydrogens is 373 g/mol. The van der Waals surface area contributed by atoms with Crippen molar-refractivity contribution < 1.29 is 4.39 Å². The molecule has 118 valence electrons. The predicted molar refractivity (Wildman–Crippen MR) is 94.3 cm³/mol. The smallest absolute Gasteiger partial charge is 0.273 e. The zero-order chi connectivity index (χ0) is 16.7. The van der Waals surface area contributed by atoms with Gasteiger partial charge in [0.2, 0.25) is 0 Å². The lowest BCUT2D eigenvalue weighted by Crippen LogP contribution is -2.14. The van der Waals surface area contributed by atoms with E-state index in [0.717, 1.165) is 15.6 Å². The van der Waals surface area contributed by atoms with Gasteiger partial charge in [0.15, 0.2) is 5.65 Å². The molecule has 1 N–H and O–H groups in total. The van der Waals surface area contributed by atoms with Crippen LogP contribution in [0.1, 0.15) is 0 Å². The summed E-state index contributed by atoms with van der Waals surface area (Å²) >= 11 is 3.44. The number of H-pyrrole nitrogens is 1. The molecule has 2 aromatic carbocycles. The molecule has 0 saturated carbocycles. The molecule has 4 aromatic rings. The number of rotatable bonds is 2. The molecule has 24 heavy (non-hydrogen) atoms. The number of benzene rings is 2. The molecule has 0 saturated heterocycles. The number of hydrogen-bond donors (Lipinski definition) is 1. The number of nitrogens with one attached hydrogen (secondary N) is 1. The average Bonchev–Trinajstić information content (AvgIpc) is 3.00. The lowest BCUT2D eigenvalue weighted by atomic mass is 10.1. The van der Waals surface area contributed by atoms with E-state index >= 15 is 0 Å². The van der Waals surface area contributed by atoms with Gasteiger partial charge in [0.05, 0.1) is 5.69 Å². The molecule has 0 unspecified atom stereocenters. The minimum Gasteiger partial charge on any atom is -0.296 e. The molecule has 4 nitrogen and oxygen atoms in total. The van der Waals surface area contributed by atoms with Crippen molar-refractivity contribution in [2.45, 2.75) is 0 Å². The van der Waals surface area contributed by atoms with E-state index in [4.69, 9.17) is 0 Å². The highest BCUT2D eigenvalue weighted by atomic mass is 79.9. The third-order valence-electron chi connectivity index (χ3n) is 3.78. The second kappa shape index (κ2) is 5.72. The largest absolute Gasteiger partial charge is 0.296 e. The van der Waals surface area contributed by atoms with Gasteiger partial charge in [-0.3, -0.25) is 9.89 Å². The third kappa shape index (κ3) is 2.45. The Morgan fingerprint density at radius 3 is 2.67 bits per heavy atom. The first-order chi connectivity index (χ1) is 11.6. The lowest BCUT2D eigenvalue weighted by Gasteiger charge is -2.04. The molecular formula is C18H11BrFN3O. The average molecular weight is 384 g/mol. The fourth-order valence-electron chi connectivity index (χ4n) is 2.66. The Bertz CT molecular complexity index is 1120. The van der Waals surface area contributed by atoms with E-state index in [0.29, 0.717) is 16.9 Å². The molecule has 0 atom stereocenters. The normalized spacial score (nSPS) is 11.1. The van der Waals surface area contributed by atoms with Crippen LogP contribution in [0.15, 0.2) is 70.1 Å². The summed E-state index contributed by atoms with van der Waals surface area (Å²) in [4.78, 5) is 16.9. The first-order valence-electron chi connectivity index (χ1n) is 7.25. The highest BCUT2D eigenvalue weighted by Crippen LogP contribution is 2.27. The predicted octanol–water partition coefficient (Wildman–Crippen LogP) is 4.26. The molecule has 0 aliphatic carbocycles. The van der Waals surface area contributed by atoms with Crippen LogP contribution in [0, 0.1) is 5.82 Å².